The second-order valence-corrected chi connectivity index (χ2v) is 6.11. The molecule has 1 amide bonds. The molecular formula is C17H13BrFNO3. The topological polar surface area (TPSA) is 46.6 Å². The molecule has 3 rings (SSSR count). The number of Topliss-reactive ketones (excluding diaryl/α,β-unsaturated/α-hetero) is 1. The smallest absolute Gasteiger partial charge is 0.231 e. The average Bonchev–Trinajstić information content (AvgIpc) is 2.80. The Morgan fingerprint density at radius 2 is 2.09 bits per heavy atom. The number of likely N-dealkylation sites (N-methyl/N-ethyl adjacent to an activating group) is 1. The van der Waals surface area contributed by atoms with Crippen molar-refractivity contribution in [3.05, 3.63) is 57.8 Å². The third-order valence-corrected chi connectivity index (χ3v) is 4.35. The number of anilines is 1. The lowest BCUT2D eigenvalue weighted by atomic mass is 10.1. The molecule has 0 N–H and O–H groups in total. The van der Waals surface area contributed by atoms with E-state index in [9.17, 15) is 14.0 Å². The van der Waals surface area contributed by atoms with Crippen LogP contribution in [-0.2, 0) is 11.2 Å². The molecule has 0 unspecified atom stereocenters. The highest BCUT2D eigenvalue weighted by Crippen LogP contribution is 2.29. The number of carbonyl (C=O) groups excluding carboxylic acids is 2. The lowest BCUT2D eigenvalue weighted by Gasteiger charge is -2.11. The van der Waals surface area contributed by atoms with Crippen molar-refractivity contribution >= 4 is 33.3 Å². The standard InChI is InChI=1S/C17H13BrFNO3/c1-20-14-4-2-10(6-11(14)7-17(20)22)15(21)9-23-16-5-3-12(19)8-13(16)18/h2-6,8H,7,9H2,1H3. The molecule has 0 bridgehead atoms. The molecule has 0 radical (unpaired) electrons. The van der Waals surface area contributed by atoms with Crippen LogP contribution in [0.5, 0.6) is 5.75 Å². The highest BCUT2D eigenvalue weighted by Gasteiger charge is 2.24. The Morgan fingerprint density at radius 1 is 1.30 bits per heavy atom. The van der Waals surface area contributed by atoms with Gasteiger partial charge in [0, 0.05) is 18.3 Å². The van der Waals surface area contributed by atoms with E-state index in [1.54, 1.807) is 30.1 Å². The molecule has 2 aromatic carbocycles. The van der Waals surface area contributed by atoms with Crippen LogP contribution in [0.25, 0.3) is 0 Å². The van der Waals surface area contributed by atoms with Crippen molar-refractivity contribution in [3.63, 3.8) is 0 Å². The Bertz CT molecular complexity index is 806. The predicted molar refractivity (Wildman–Crippen MR) is 87.5 cm³/mol. The van der Waals surface area contributed by atoms with Gasteiger partial charge >= 0.3 is 0 Å². The normalized spacial score (nSPS) is 13.2. The van der Waals surface area contributed by atoms with Crippen LogP contribution < -0.4 is 9.64 Å². The van der Waals surface area contributed by atoms with Gasteiger partial charge in [0.25, 0.3) is 0 Å². The number of hydrogen-bond acceptors (Lipinski definition) is 3. The summed E-state index contributed by atoms with van der Waals surface area (Å²) in [4.78, 5) is 25.5. The molecule has 0 spiro atoms. The zero-order valence-corrected chi connectivity index (χ0v) is 13.9. The summed E-state index contributed by atoms with van der Waals surface area (Å²) in [6, 6.07) is 9.17. The van der Waals surface area contributed by atoms with Crippen LogP contribution in [0.3, 0.4) is 0 Å². The Hall–Kier alpha value is -2.21. The van der Waals surface area contributed by atoms with E-state index >= 15 is 0 Å². The molecule has 0 aliphatic carbocycles. The van der Waals surface area contributed by atoms with Gasteiger partial charge < -0.3 is 9.64 Å². The lowest BCUT2D eigenvalue weighted by molar-refractivity contribution is -0.117. The van der Waals surface area contributed by atoms with Gasteiger partial charge in [-0.3, -0.25) is 9.59 Å². The Morgan fingerprint density at radius 3 is 2.83 bits per heavy atom. The van der Waals surface area contributed by atoms with Gasteiger partial charge in [0.05, 0.1) is 10.9 Å². The van der Waals surface area contributed by atoms with Crippen LogP contribution in [0.1, 0.15) is 15.9 Å². The molecule has 4 nitrogen and oxygen atoms in total. The summed E-state index contributed by atoms with van der Waals surface area (Å²) in [6.45, 7) is -0.160. The van der Waals surface area contributed by atoms with E-state index < -0.39 is 0 Å². The number of benzene rings is 2. The maximum Gasteiger partial charge on any atom is 0.231 e. The highest BCUT2D eigenvalue weighted by molar-refractivity contribution is 9.10. The van der Waals surface area contributed by atoms with Crippen molar-refractivity contribution in [2.75, 3.05) is 18.6 Å². The first-order valence-electron chi connectivity index (χ1n) is 6.96. The Labute approximate surface area is 141 Å². The van der Waals surface area contributed by atoms with E-state index in [1.165, 1.54) is 18.2 Å². The highest BCUT2D eigenvalue weighted by atomic mass is 79.9. The molecule has 0 saturated carbocycles. The zero-order chi connectivity index (χ0) is 16.6. The summed E-state index contributed by atoms with van der Waals surface area (Å²) in [7, 11) is 1.71. The quantitative estimate of drug-likeness (QED) is 0.767. The minimum absolute atomic E-state index is 0.0103. The number of hydrogen-bond donors (Lipinski definition) is 0. The molecule has 0 aromatic heterocycles. The van der Waals surface area contributed by atoms with Crippen molar-refractivity contribution in [1.82, 2.24) is 0 Å². The molecule has 1 aliphatic rings. The summed E-state index contributed by atoms with van der Waals surface area (Å²) >= 11 is 3.19. The molecule has 0 fully saturated rings. The minimum Gasteiger partial charge on any atom is -0.484 e. The molecule has 23 heavy (non-hydrogen) atoms. The number of fused-ring (bicyclic) bond motifs is 1. The fraction of sp³-hybridized carbons (Fsp3) is 0.176. The number of nitrogens with zero attached hydrogens (tertiary/aromatic N) is 1. The fourth-order valence-electron chi connectivity index (χ4n) is 2.46. The molecule has 6 heteroatoms. The van der Waals surface area contributed by atoms with Gasteiger partial charge in [0.1, 0.15) is 11.6 Å². The molecular weight excluding hydrogens is 365 g/mol. The van der Waals surface area contributed by atoms with E-state index in [4.69, 9.17) is 4.74 Å². The third-order valence-electron chi connectivity index (χ3n) is 3.73. The van der Waals surface area contributed by atoms with Gasteiger partial charge in [-0.05, 0) is 57.9 Å². The minimum atomic E-state index is -0.386. The second-order valence-electron chi connectivity index (χ2n) is 5.26. The van der Waals surface area contributed by atoms with Gasteiger partial charge in [-0.2, -0.15) is 0 Å². The fourth-order valence-corrected chi connectivity index (χ4v) is 2.93. The Kier molecular flexibility index (Phi) is 4.17. The van der Waals surface area contributed by atoms with Gasteiger partial charge in [-0.1, -0.05) is 0 Å². The van der Waals surface area contributed by atoms with Crippen molar-refractivity contribution in [1.29, 1.82) is 0 Å². The molecule has 0 atom stereocenters. The molecule has 0 saturated heterocycles. The molecule has 2 aromatic rings. The van der Waals surface area contributed by atoms with Crippen molar-refractivity contribution < 1.29 is 18.7 Å². The first kappa shape index (κ1) is 15.7. The van der Waals surface area contributed by atoms with Crippen LogP contribution >= 0.6 is 15.9 Å². The number of halogens is 2. The number of ketones is 1. The first-order chi connectivity index (χ1) is 11.0. The third kappa shape index (κ3) is 3.12. The monoisotopic (exact) mass is 377 g/mol. The number of ether oxygens (including phenoxy) is 1. The Balaban J connectivity index is 1.72. The average molecular weight is 378 g/mol. The van der Waals surface area contributed by atoms with Crippen LogP contribution in [0.4, 0.5) is 10.1 Å². The SMILES string of the molecule is CN1C(=O)Cc2cc(C(=O)COc3ccc(F)cc3Br)ccc21. The summed E-state index contributed by atoms with van der Waals surface area (Å²) < 4.78 is 18.9. The summed E-state index contributed by atoms with van der Waals surface area (Å²) in [5, 5.41) is 0. The van der Waals surface area contributed by atoms with Gasteiger partial charge in [-0.25, -0.2) is 4.39 Å². The second kappa shape index (κ2) is 6.12. The maximum atomic E-state index is 13.0. The number of carbonyl (C=O) groups is 2. The first-order valence-corrected chi connectivity index (χ1v) is 7.75. The molecule has 1 aliphatic heterocycles. The van der Waals surface area contributed by atoms with E-state index in [0.717, 1.165) is 11.3 Å². The number of rotatable bonds is 4. The van der Waals surface area contributed by atoms with Gasteiger partial charge in [0.15, 0.2) is 12.4 Å². The van der Waals surface area contributed by atoms with Crippen molar-refractivity contribution in [2.24, 2.45) is 0 Å². The largest absolute Gasteiger partial charge is 0.484 e. The van der Waals surface area contributed by atoms with Crippen LogP contribution in [-0.4, -0.2) is 25.3 Å². The summed E-state index contributed by atoms with van der Waals surface area (Å²) in [6.07, 6.45) is 0.303. The maximum absolute atomic E-state index is 13.0. The van der Waals surface area contributed by atoms with Crippen LogP contribution in [0, 0.1) is 5.82 Å². The van der Waals surface area contributed by atoms with E-state index in [-0.39, 0.29) is 24.1 Å². The van der Waals surface area contributed by atoms with Crippen molar-refractivity contribution in [3.8, 4) is 5.75 Å². The van der Waals surface area contributed by atoms with Crippen LogP contribution in [0.2, 0.25) is 0 Å². The van der Waals surface area contributed by atoms with E-state index in [1.807, 2.05) is 0 Å². The van der Waals surface area contributed by atoms with Gasteiger partial charge in [-0.15, -0.1) is 0 Å². The summed E-state index contributed by atoms with van der Waals surface area (Å²) in [5.74, 6) is -0.180. The number of amides is 1. The van der Waals surface area contributed by atoms with Gasteiger partial charge in [0.2, 0.25) is 5.91 Å². The molecule has 118 valence electrons. The van der Waals surface area contributed by atoms with E-state index in [0.29, 0.717) is 22.2 Å². The van der Waals surface area contributed by atoms with E-state index in [2.05, 4.69) is 15.9 Å². The van der Waals surface area contributed by atoms with Crippen molar-refractivity contribution in [2.45, 2.75) is 6.42 Å². The summed E-state index contributed by atoms with van der Waals surface area (Å²) in [5.41, 5.74) is 2.16. The van der Waals surface area contributed by atoms with Crippen LogP contribution in [0.15, 0.2) is 40.9 Å². The molecule has 1 heterocycles. The predicted octanol–water partition coefficient (Wildman–Crippen LogP) is 3.37. The zero-order valence-electron chi connectivity index (χ0n) is 12.3. The lowest BCUT2D eigenvalue weighted by Crippen LogP contribution is -2.20.